The second-order valence-corrected chi connectivity index (χ2v) is 14.7. The summed E-state index contributed by atoms with van der Waals surface area (Å²) in [6.07, 6.45) is 10.8. The van der Waals surface area contributed by atoms with Gasteiger partial charge in [-0.25, -0.2) is 4.79 Å². The molecule has 0 heterocycles. The Labute approximate surface area is 224 Å². The second kappa shape index (κ2) is 9.68. The number of esters is 1. The fourth-order valence-corrected chi connectivity index (χ4v) is 10.7. The number of allylic oxidation sites excluding steroid dienone is 1. The Hall–Kier alpha value is -1.36. The number of carbonyl (C=O) groups is 2. The topological polar surface area (TPSA) is 83.8 Å². The number of carboxylic acids is 1. The zero-order valence-corrected chi connectivity index (χ0v) is 24.6. The minimum absolute atomic E-state index is 0.0236. The number of hydrogen-bond donors (Lipinski definition) is 2. The monoisotopic (exact) mass is 516 g/mol. The van der Waals surface area contributed by atoms with E-state index >= 15 is 0 Å². The molecule has 5 heteroatoms. The van der Waals surface area contributed by atoms with Crippen molar-refractivity contribution < 1.29 is 24.5 Å². The van der Waals surface area contributed by atoms with Crippen LogP contribution < -0.4 is 0 Å². The zero-order chi connectivity index (χ0) is 27.6. The average molecular weight is 517 g/mol. The molecule has 37 heavy (non-hydrogen) atoms. The van der Waals surface area contributed by atoms with Gasteiger partial charge in [0.25, 0.3) is 0 Å². The van der Waals surface area contributed by atoms with E-state index in [0.29, 0.717) is 35.2 Å². The standard InChI is InChI=1S/C32H52O5/c1-19(10-9-11-20(2)28(35)36)22-14-17-31(7)23-12-13-25-29(4,5)27(37-21(3)33)15-16-30(25,6)24(23)18-26(34)32(22,31)8/h11,19,22-27,34H,9-10,12-18H2,1-8H3,(H,35,36)/b20-11+/t19-,22-,23-,24+,25+,26+,27-,30-,31+,32+/m1/s1. The first-order valence-electron chi connectivity index (χ1n) is 14.9. The van der Waals surface area contributed by atoms with Crippen LogP contribution in [0.1, 0.15) is 113 Å². The number of rotatable bonds is 6. The van der Waals surface area contributed by atoms with E-state index in [2.05, 4.69) is 41.5 Å². The highest BCUT2D eigenvalue weighted by atomic mass is 16.5. The molecule has 5 nitrogen and oxygen atoms in total. The molecule has 210 valence electrons. The number of ether oxygens (including phenoxy) is 1. The van der Waals surface area contributed by atoms with E-state index in [9.17, 15) is 19.8 Å². The van der Waals surface area contributed by atoms with Crippen LogP contribution in [0.3, 0.4) is 0 Å². The molecule has 0 bridgehead atoms. The Bertz CT molecular complexity index is 937. The number of aliphatic carboxylic acids is 1. The summed E-state index contributed by atoms with van der Waals surface area (Å²) in [6.45, 7) is 17.5. The molecule has 0 aliphatic heterocycles. The van der Waals surface area contributed by atoms with Crippen molar-refractivity contribution in [1.82, 2.24) is 0 Å². The van der Waals surface area contributed by atoms with Gasteiger partial charge in [-0.05, 0) is 105 Å². The molecule has 0 aromatic heterocycles. The highest BCUT2D eigenvalue weighted by Crippen LogP contribution is 2.74. The molecule has 4 rings (SSSR count). The van der Waals surface area contributed by atoms with Crippen molar-refractivity contribution in [2.45, 2.75) is 125 Å². The molecule has 0 aromatic carbocycles. The van der Waals surface area contributed by atoms with E-state index in [1.54, 1.807) is 6.92 Å². The maximum atomic E-state index is 12.0. The lowest BCUT2D eigenvalue weighted by Gasteiger charge is -2.68. The number of carboxylic acid groups (broad SMARTS) is 1. The molecule has 4 aliphatic carbocycles. The summed E-state index contributed by atoms with van der Waals surface area (Å²) in [5, 5.41) is 21.2. The van der Waals surface area contributed by atoms with Crippen LogP contribution in [0.4, 0.5) is 0 Å². The molecular weight excluding hydrogens is 464 g/mol. The average Bonchev–Trinajstić information content (AvgIpc) is 3.09. The minimum atomic E-state index is -0.837. The van der Waals surface area contributed by atoms with Crippen molar-refractivity contribution in [2.75, 3.05) is 0 Å². The van der Waals surface area contributed by atoms with Gasteiger partial charge in [-0.3, -0.25) is 4.79 Å². The third-order valence-corrected chi connectivity index (χ3v) is 12.9. The highest BCUT2D eigenvalue weighted by molar-refractivity contribution is 5.85. The summed E-state index contributed by atoms with van der Waals surface area (Å²) in [5.74, 6) is 1.47. The first-order chi connectivity index (χ1) is 17.1. The van der Waals surface area contributed by atoms with Gasteiger partial charge in [0.15, 0.2) is 0 Å². The summed E-state index contributed by atoms with van der Waals surface area (Å²) in [6, 6.07) is 0. The maximum Gasteiger partial charge on any atom is 0.330 e. The predicted molar refractivity (Wildman–Crippen MR) is 146 cm³/mol. The first-order valence-corrected chi connectivity index (χ1v) is 14.9. The highest BCUT2D eigenvalue weighted by Gasteiger charge is 2.70. The van der Waals surface area contributed by atoms with Crippen LogP contribution in [-0.4, -0.2) is 34.4 Å². The summed E-state index contributed by atoms with van der Waals surface area (Å²) in [5.41, 5.74) is 0.493. The van der Waals surface area contributed by atoms with Crippen LogP contribution in [0.5, 0.6) is 0 Å². The van der Waals surface area contributed by atoms with Gasteiger partial charge in [-0.15, -0.1) is 0 Å². The summed E-state index contributed by atoms with van der Waals surface area (Å²) in [4.78, 5) is 23.0. The third-order valence-electron chi connectivity index (χ3n) is 12.9. The SMILES string of the molecule is CC(=O)O[C@@H]1CC[C@]2(C)[C@H]3C[C@H](O)[C@]4(C)[C@@H]([C@H](C)CC/C=C(\C)C(=O)O)CC[C@@]4(C)[C@@H]3CC[C@H]2C1(C)C. The van der Waals surface area contributed by atoms with Crippen LogP contribution in [0.25, 0.3) is 0 Å². The van der Waals surface area contributed by atoms with Crippen LogP contribution in [-0.2, 0) is 14.3 Å². The Morgan fingerprint density at radius 1 is 1.00 bits per heavy atom. The van der Waals surface area contributed by atoms with E-state index < -0.39 is 5.97 Å². The lowest BCUT2D eigenvalue weighted by molar-refractivity contribution is -0.234. The smallest absolute Gasteiger partial charge is 0.330 e. The Kier molecular flexibility index (Phi) is 7.49. The summed E-state index contributed by atoms with van der Waals surface area (Å²) in [7, 11) is 0. The van der Waals surface area contributed by atoms with E-state index in [1.165, 1.54) is 26.2 Å². The van der Waals surface area contributed by atoms with Crippen LogP contribution >= 0.6 is 0 Å². The van der Waals surface area contributed by atoms with Gasteiger partial charge in [0.05, 0.1) is 6.10 Å². The normalized spacial score (nSPS) is 45.8. The number of fused-ring (bicyclic) bond motifs is 5. The van der Waals surface area contributed by atoms with Crippen molar-refractivity contribution in [2.24, 2.45) is 51.2 Å². The fourth-order valence-electron chi connectivity index (χ4n) is 10.7. The van der Waals surface area contributed by atoms with Gasteiger partial charge in [0, 0.05) is 23.3 Å². The predicted octanol–water partition coefficient (Wildman–Crippen LogP) is 7.02. The number of aliphatic hydroxyl groups excluding tert-OH is 1. The van der Waals surface area contributed by atoms with Crippen molar-refractivity contribution >= 4 is 11.9 Å². The van der Waals surface area contributed by atoms with Crippen LogP contribution in [0.2, 0.25) is 0 Å². The minimum Gasteiger partial charge on any atom is -0.478 e. The quantitative estimate of drug-likeness (QED) is 0.293. The van der Waals surface area contributed by atoms with E-state index in [4.69, 9.17) is 4.74 Å². The molecule has 0 amide bonds. The molecule has 0 saturated heterocycles. The Morgan fingerprint density at radius 2 is 1.68 bits per heavy atom. The van der Waals surface area contributed by atoms with Gasteiger partial charge >= 0.3 is 11.9 Å². The Balaban J connectivity index is 1.58. The largest absolute Gasteiger partial charge is 0.478 e. The fraction of sp³-hybridized carbons (Fsp3) is 0.875. The molecule has 0 unspecified atom stereocenters. The molecule has 10 atom stereocenters. The van der Waals surface area contributed by atoms with Gasteiger partial charge < -0.3 is 14.9 Å². The molecule has 4 fully saturated rings. The molecule has 4 aliphatic rings. The molecule has 0 aromatic rings. The lowest BCUT2D eigenvalue weighted by atomic mass is 9.37. The van der Waals surface area contributed by atoms with E-state index in [1.807, 2.05) is 6.08 Å². The maximum absolute atomic E-state index is 12.0. The molecular formula is C32H52O5. The second-order valence-electron chi connectivity index (χ2n) is 14.7. The number of aliphatic hydroxyl groups is 1. The van der Waals surface area contributed by atoms with E-state index in [-0.39, 0.29) is 39.8 Å². The zero-order valence-electron chi connectivity index (χ0n) is 24.6. The van der Waals surface area contributed by atoms with Crippen LogP contribution in [0, 0.1) is 51.2 Å². The van der Waals surface area contributed by atoms with Gasteiger partial charge in [0.1, 0.15) is 6.10 Å². The van der Waals surface area contributed by atoms with Crippen molar-refractivity contribution in [1.29, 1.82) is 0 Å². The first kappa shape index (κ1) is 28.6. The third kappa shape index (κ3) is 4.30. The van der Waals surface area contributed by atoms with Gasteiger partial charge in [-0.1, -0.05) is 47.6 Å². The van der Waals surface area contributed by atoms with Gasteiger partial charge in [-0.2, -0.15) is 0 Å². The number of carbonyl (C=O) groups excluding carboxylic acids is 1. The molecule has 0 spiro atoms. The van der Waals surface area contributed by atoms with E-state index in [0.717, 1.165) is 38.5 Å². The summed E-state index contributed by atoms with van der Waals surface area (Å²) >= 11 is 0. The number of hydrogen-bond acceptors (Lipinski definition) is 4. The van der Waals surface area contributed by atoms with Gasteiger partial charge in [0.2, 0.25) is 0 Å². The molecule has 2 N–H and O–H groups in total. The lowest BCUT2D eigenvalue weighted by Crippen LogP contribution is -2.65. The van der Waals surface area contributed by atoms with Crippen LogP contribution in [0.15, 0.2) is 11.6 Å². The van der Waals surface area contributed by atoms with Crippen molar-refractivity contribution in [3.05, 3.63) is 11.6 Å². The molecule has 0 radical (unpaired) electrons. The van der Waals surface area contributed by atoms with Crippen molar-refractivity contribution in [3.8, 4) is 0 Å². The Morgan fingerprint density at radius 3 is 2.30 bits per heavy atom. The summed E-state index contributed by atoms with van der Waals surface area (Å²) < 4.78 is 5.84. The molecule has 4 saturated carbocycles. The van der Waals surface area contributed by atoms with Crippen molar-refractivity contribution in [3.63, 3.8) is 0 Å².